The third-order valence-electron chi connectivity index (χ3n) is 4.89. The molecule has 2 aromatic heterocycles. The zero-order valence-corrected chi connectivity index (χ0v) is 11.7. The van der Waals surface area contributed by atoms with Crippen LogP contribution >= 0.6 is 0 Å². The molecule has 20 heavy (non-hydrogen) atoms. The Hall–Kier alpha value is -1.81. The van der Waals surface area contributed by atoms with Crippen molar-refractivity contribution in [3.63, 3.8) is 0 Å². The fourth-order valence-electron chi connectivity index (χ4n) is 3.71. The van der Waals surface area contributed by atoms with E-state index in [2.05, 4.69) is 4.90 Å². The van der Waals surface area contributed by atoms with Crippen LogP contribution in [-0.2, 0) is 0 Å². The lowest BCUT2D eigenvalue weighted by atomic mass is 9.98. The van der Waals surface area contributed by atoms with E-state index in [-0.39, 0.29) is 5.91 Å². The van der Waals surface area contributed by atoms with Gasteiger partial charge in [-0.2, -0.15) is 0 Å². The zero-order valence-electron chi connectivity index (χ0n) is 11.7. The molecule has 0 N–H and O–H groups in total. The quantitative estimate of drug-likeness (QED) is 0.830. The maximum absolute atomic E-state index is 12.7. The second-order valence-electron chi connectivity index (χ2n) is 6.05. The van der Waals surface area contributed by atoms with Gasteiger partial charge in [0.15, 0.2) is 0 Å². The molecule has 0 radical (unpaired) electrons. The molecule has 0 aromatic carbocycles. The molecule has 1 amide bonds. The molecule has 2 fully saturated rings. The summed E-state index contributed by atoms with van der Waals surface area (Å²) in [4.78, 5) is 17.1. The minimum Gasteiger partial charge on any atom is -0.337 e. The minimum absolute atomic E-state index is 0.138. The molecule has 2 aliphatic heterocycles. The highest BCUT2D eigenvalue weighted by Gasteiger charge is 2.41. The van der Waals surface area contributed by atoms with Gasteiger partial charge in [0, 0.05) is 44.1 Å². The van der Waals surface area contributed by atoms with Gasteiger partial charge < -0.3 is 14.2 Å². The molecule has 4 heteroatoms. The summed E-state index contributed by atoms with van der Waals surface area (Å²) >= 11 is 0. The van der Waals surface area contributed by atoms with Gasteiger partial charge in [-0.3, -0.25) is 4.79 Å². The Bertz CT molecular complexity index is 663. The van der Waals surface area contributed by atoms with Crippen LogP contribution in [0, 0.1) is 5.92 Å². The van der Waals surface area contributed by atoms with Crippen molar-refractivity contribution in [3.05, 3.63) is 42.2 Å². The fraction of sp³-hybridized carbons (Fsp3) is 0.438. The Balaban J connectivity index is 1.59. The number of hydrogen-bond acceptors (Lipinski definition) is 2. The Morgan fingerprint density at radius 1 is 1.30 bits per heavy atom. The monoisotopic (exact) mass is 269 g/mol. The average Bonchev–Trinajstić information content (AvgIpc) is 3.19. The predicted molar refractivity (Wildman–Crippen MR) is 77.8 cm³/mol. The summed E-state index contributed by atoms with van der Waals surface area (Å²) < 4.78 is 2.01. The Morgan fingerprint density at radius 2 is 2.20 bits per heavy atom. The van der Waals surface area contributed by atoms with Gasteiger partial charge in [-0.25, -0.2) is 0 Å². The first-order valence-electron chi connectivity index (χ1n) is 7.28. The normalized spacial score (nSPS) is 28.1. The lowest BCUT2D eigenvalue weighted by Gasteiger charge is -2.31. The summed E-state index contributed by atoms with van der Waals surface area (Å²) in [6, 6.07) is 8.36. The Kier molecular flexibility index (Phi) is 2.60. The van der Waals surface area contributed by atoms with E-state index in [0.29, 0.717) is 12.0 Å². The van der Waals surface area contributed by atoms with Crippen LogP contribution in [0.1, 0.15) is 16.8 Å². The third-order valence-corrected chi connectivity index (χ3v) is 4.89. The number of piperidine rings is 1. The van der Waals surface area contributed by atoms with E-state index in [1.165, 1.54) is 19.5 Å². The zero-order chi connectivity index (χ0) is 13.7. The van der Waals surface area contributed by atoms with Crippen LogP contribution in [-0.4, -0.2) is 52.8 Å². The van der Waals surface area contributed by atoms with Gasteiger partial charge in [-0.05, 0) is 43.1 Å². The molecule has 4 heterocycles. The summed E-state index contributed by atoms with van der Waals surface area (Å²) in [5, 5.41) is 0. The summed E-state index contributed by atoms with van der Waals surface area (Å²) in [6.07, 6.45) is 5.15. The van der Waals surface area contributed by atoms with Gasteiger partial charge >= 0.3 is 0 Å². The molecule has 0 aliphatic carbocycles. The molecule has 0 saturated carbocycles. The second-order valence-corrected chi connectivity index (χ2v) is 6.05. The summed E-state index contributed by atoms with van der Waals surface area (Å²) in [7, 11) is 1.95. The van der Waals surface area contributed by atoms with E-state index >= 15 is 0 Å². The highest BCUT2D eigenvalue weighted by Crippen LogP contribution is 2.31. The van der Waals surface area contributed by atoms with Crippen LogP contribution in [0.5, 0.6) is 0 Å². The molecule has 2 aromatic rings. The van der Waals surface area contributed by atoms with Crippen molar-refractivity contribution in [1.82, 2.24) is 14.2 Å². The highest BCUT2D eigenvalue weighted by molar-refractivity contribution is 5.94. The van der Waals surface area contributed by atoms with Crippen molar-refractivity contribution in [2.75, 3.05) is 26.7 Å². The first-order valence-corrected chi connectivity index (χ1v) is 7.28. The van der Waals surface area contributed by atoms with E-state index in [1.54, 1.807) is 0 Å². The van der Waals surface area contributed by atoms with Crippen molar-refractivity contribution in [2.24, 2.45) is 5.92 Å². The number of fused-ring (bicyclic) bond motifs is 3. The van der Waals surface area contributed by atoms with Crippen LogP contribution in [0.2, 0.25) is 0 Å². The van der Waals surface area contributed by atoms with Gasteiger partial charge in [0.2, 0.25) is 0 Å². The largest absolute Gasteiger partial charge is 0.337 e. The van der Waals surface area contributed by atoms with E-state index in [9.17, 15) is 4.79 Å². The molecule has 0 spiro atoms. The molecule has 3 atom stereocenters. The van der Waals surface area contributed by atoms with E-state index in [4.69, 9.17) is 0 Å². The van der Waals surface area contributed by atoms with E-state index in [0.717, 1.165) is 17.6 Å². The topological polar surface area (TPSA) is 28.0 Å². The molecule has 4 nitrogen and oxygen atoms in total. The Labute approximate surface area is 118 Å². The molecular formula is C16H19N3O. The number of likely N-dealkylation sites (N-methyl/N-ethyl adjacent to an activating group) is 1. The first kappa shape index (κ1) is 12.0. The van der Waals surface area contributed by atoms with Gasteiger partial charge in [0.1, 0.15) is 0 Å². The third kappa shape index (κ3) is 1.75. The summed E-state index contributed by atoms with van der Waals surface area (Å²) in [5.41, 5.74) is 1.89. The smallest absolute Gasteiger partial charge is 0.255 e. The number of hydrogen-bond donors (Lipinski definition) is 0. The molecule has 104 valence electrons. The SMILES string of the molecule is CN(C(=O)c1ccc2cccn2c1)C1CN2CC[C@H]1C2. The molecule has 2 saturated heterocycles. The van der Waals surface area contributed by atoms with Crippen molar-refractivity contribution in [2.45, 2.75) is 12.5 Å². The van der Waals surface area contributed by atoms with E-state index in [1.807, 2.05) is 53.0 Å². The van der Waals surface area contributed by atoms with Crippen molar-refractivity contribution < 1.29 is 4.79 Å². The van der Waals surface area contributed by atoms with Crippen LogP contribution in [0.15, 0.2) is 36.7 Å². The van der Waals surface area contributed by atoms with Gasteiger partial charge in [0.05, 0.1) is 5.56 Å². The predicted octanol–water partition coefficient (Wildman–Crippen LogP) is 1.72. The molecular weight excluding hydrogens is 250 g/mol. The van der Waals surface area contributed by atoms with Crippen LogP contribution in [0.4, 0.5) is 0 Å². The number of amides is 1. The van der Waals surface area contributed by atoms with Crippen molar-refractivity contribution in [1.29, 1.82) is 0 Å². The average molecular weight is 269 g/mol. The molecule has 2 bridgehead atoms. The standard InChI is InChI=1S/C16H19N3O/c1-17(15-11-18-8-6-12(15)9-18)16(20)13-4-5-14-3-2-7-19(14)10-13/h2-5,7,10,12,15H,6,8-9,11H2,1H3/t12-,15?/m0/s1. The minimum atomic E-state index is 0.138. The maximum atomic E-state index is 12.7. The van der Waals surface area contributed by atoms with Crippen LogP contribution < -0.4 is 0 Å². The number of rotatable bonds is 2. The maximum Gasteiger partial charge on any atom is 0.255 e. The second kappa shape index (κ2) is 4.35. The lowest BCUT2D eigenvalue weighted by molar-refractivity contribution is 0.0683. The van der Waals surface area contributed by atoms with Crippen molar-refractivity contribution in [3.8, 4) is 0 Å². The molecule has 2 unspecified atom stereocenters. The van der Waals surface area contributed by atoms with Crippen LogP contribution in [0.25, 0.3) is 5.52 Å². The number of nitrogens with zero attached hydrogens (tertiary/aromatic N) is 3. The van der Waals surface area contributed by atoms with Gasteiger partial charge in [-0.1, -0.05) is 0 Å². The molecule has 2 aliphatic rings. The van der Waals surface area contributed by atoms with Crippen molar-refractivity contribution >= 4 is 11.4 Å². The lowest BCUT2D eigenvalue weighted by Crippen LogP contribution is -2.44. The first-order chi connectivity index (χ1) is 9.72. The van der Waals surface area contributed by atoms with Crippen LogP contribution in [0.3, 0.4) is 0 Å². The number of pyridine rings is 1. The number of carbonyl (C=O) groups excluding carboxylic acids is 1. The summed E-state index contributed by atoms with van der Waals surface area (Å²) in [5.74, 6) is 0.804. The highest BCUT2D eigenvalue weighted by atomic mass is 16.2. The molecule has 4 rings (SSSR count). The Morgan fingerprint density at radius 3 is 2.95 bits per heavy atom. The number of carbonyl (C=O) groups is 1. The van der Waals surface area contributed by atoms with Gasteiger partial charge in [0.25, 0.3) is 5.91 Å². The fourth-order valence-corrected chi connectivity index (χ4v) is 3.71. The number of aromatic nitrogens is 1. The van der Waals surface area contributed by atoms with E-state index < -0.39 is 0 Å². The summed E-state index contributed by atoms with van der Waals surface area (Å²) in [6.45, 7) is 3.41. The van der Waals surface area contributed by atoms with Gasteiger partial charge in [-0.15, -0.1) is 0 Å².